The van der Waals surface area contributed by atoms with Crippen LogP contribution in [0.25, 0.3) is 0 Å². The van der Waals surface area contributed by atoms with E-state index in [1.54, 1.807) is 4.90 Å². The van der Waals surface area contributed by atoms with Crippen LogP contribution in [0.5, 0.6) is 0 Å². The maximum atomic E-state index is 12.3. The van der Waals surface area contributed by atoms with Crippen LogP contribution in [0, 0.1) is 5.92 Å². The van der Waals surface area contributed by atoms with Gasteiger partial charge in [-0.05, 0) is 25.3 Å². The van der Waals surface area contributed by atoms with Gasteiger partial charge in [0.25, 0.3) is 0 Å². The first kappa shape index (κ1) is 16.7. The molecule has 0 spiro atoms. The molecule has 2 fully saturated rings. The predicted octanol–water partition coefficient (Wildman–Crippen LogP) is -1.21. The van der Waals surface area contributed by atoms with Gasteiger partial charge in [-0.3, -0.25) is 9.69 Å². The number of amides is 1. The summed E-state index contributed by atoms with van der Waals surface area (Å²) in [4.78, 5) is 16.1. The van der Waals surface area contributed by atoms with Crippen molar-refractivity contribution in [3.63, 3.8) is 0 Å². The number of rotatable bonds is 4. The molecule has 1 unspecified atom stereocenters. The summed E-state index contributed by atoms with van der Waals surface area (Å²) in [7, 11) is -3.16. The van der Waals surface area contributed by atoms with Gasteiger partial charge < -0.3 is 10.0 Å². The van der Waals surface area contributed by atoms with E-state index in [-0.39, 0.29) is 18.4 Å². The summed E-state index contributed by atoms with van der Waals surface area (Å²) in [5.41, 5.74) is 0. The lowest BCUT2D eigenvalue weighted by molar-refractivity contribution is -0.134. The molecule has 2 saturated heterocycles. The van der Waals surface area contributed by atoms with Crippen molar-refractivity contribution in [2.45, 2.75) is 12.8 Å². The summed E-state index contributed by atoms with van der Waals surface area (Å²) in [6.07, 6.45) is 3.24. The molecular formula is C13H25N3O4S. The zero-order valence-electron chi connectivity index (χ0n) is 12.6. The van der Waals surface area contributed by atoms with Gasteiger partial charge in [-0.25, -0.2) is 8.42 Å². The first-order chi connectivity index (χ1) is 9.90. The maximum Gasteiger partial charge on any atom is 0.236 e. The predicted molar refractivity (Wildman–Crippen MR) is 79.2 cm³/mol. The number of hydrogen-bond donors (Lipinski definition) is 1. The fourth-order valence-corrected chi connectivity index (χ4v) is 3.83. The van der Waals surface area contributed by atoms with E-state index in [9.17, 15) is 18.3 Å². The van der Waals surface area contributed by atoms with Crippen LogP contribution in [0.3, 0.4) is 0 Å². The van der Waals surface area contributed by atoms with Crippen LogP contribution in [-0.4, -0.2) is 92.2 Å². The minimum absolute atomic E-state index is 0.0572. The summed E-state index contributed by atoms with van der Waals surface area (Å²) < 4.78 is 24.3. The molecule has 2 heterocycles. The van der Waals surface area contributed by atoms with Crippen LogP contribution >= 0.6 is 0 Å². The van der Waals surface area contributed by atoms with E-state index in [1.165, 1.54) is 10.6 Å². The minimum Gasteiger partial charge on any atom is -0.396 e. The van der Waals surface area contributed by atoms with Gasteiger partial charge in [0.1, 0.15) is 0 Å². The number of likely N-dealkylation sites (tertiary alicyclic amines) is 1. The second-order valence-electron chi connectivity index (χ2n) is 5.97. The third-order valence-corrected chi connectivity index (χ3v) is 5.58. The summed E-state index contributed by atoms with van der Waals surface area (Å²) in [5.74, 6) is 0.329. The monoisotopic (exact) mass is 319 g/mol. The van der Waals surface area contributed by atoms with Crippen molar-refractivity contribution in [2.24, 2.45) is 5.92 Å². The molecule has 0 bridgehead atoms. The molecule has 2 aliphatic heterocycles. The molecule has 0 aromatic heterocycles. The fourth-order valence-electron chi connectivity index (χ4n) is 3.00. The lowest BCUT2D eigenvalue weighted by Crippen LogP contribution is -2.53. The van der Waals surface area contributed by atoms with Gasteiger partial charge in [-0.2, -0.15) is 4.31 Å². The van der Waals surface area contributed by atoms with Crippen LogP contribution in [0.2, 0.25) is 0 Å². The molecule has 2 rings (SSSR count). The number of hydrogen-bond acceptors (Lipinski definition) is 5. The van der Waals surface area contributed by atoms with E-state index >= 15 is 0 Å². The number of aliphatic hydroxyl groups excluding tert-OH is 1. The summed E-state index contributed by atoms with van der Waals surface area (Å²) in [6.45, 7) is 3.89. The van der Waals surface area contributed by atoms with E-state index in [2.05, 4.69) is 4.90 Å². The first-order valence-electron chi connectivity index (χ1n) is 7.46. The topological polar surface area (TPSA) is 81.2 Å². The van der Waals surface area contributed by atoms with Crippen LogP contribution < -0.4 is 0 Å². The molecular weight excluding hydrogens is 294 g/mol. The number of carbonyl (C=O) groups is 1. The third kappa shape index (κ3) is 4.64. The lowest BCUT2D eigenvalue weighted by Gasteiger charge is -2.36. The number of piperazine rings is 1. The van der Waals surface area contributed by atoms with Crippen LogP contribution in [0.15, 0.2) is 0 Å². The summed E-state index contributed by atoms with van der Waals surface area (Å²) in [5, 5.41) is 9.21. The number of carbonyl (C=O) groups excluding carboxylic acids is 1. The second-order valence-corrected chi connectivity index (χ2v) is 7.95. The van der Waals surface area contributed by atoms with Crippen molar-refractivity contribution in [3.05, 3.63) is 0 Å². The zero-order valence-corrected chi connectivity index (χ0v) is 13.4. The van der Waals surface area contributed by atoms with E-state index in [4.69, 9.17) is 0 Å². The Labute approximate surface area is 126 Å². The summed E-state index contributed by atoms with van der Waals surface area (Å²) >= 11 is 0. The Morgan fingerprint density at radius 3 is 2.43 bits per heavy atom. The highest BCUT2D eigenvalue weighted by molar-refractivity contribution is 7.88. The van der Waals surface area contributed by atoms with Gasteiger partial charge in [0.05, 0.1) is 12.8 Å². The average molecular weight is 319 g/mol. The van der Waals surface area contributed by atoms with Crippen molar-refractivity contribution in [2.75, 3.05) is 58.7 Å². The third-order valence-electron chi connectivity index (χ3n) is 4.28. The van der Waals surface area contributed by atoms with Gasteiger partial charge in [-0.1, -0.05) is 0 Å². The zero-order chi connectivity index (χ0) is 15.5. The van der Waals surface area contributed by atoms with Crippen molar-refractivity contribution in [1.29, 1.82) is 0 Å². The highest BCUT2D eigenvalue weighted by Gasteiger charge is 2.28. The highest BCUT2D eigenvalue weighted by atomic mass is 32.2. The van der Waals surface area contributed by atoms with Crippen molar-refractivity contribution in [1.82, 2.24) is 14.1 Å². The standard InChI is InChI=1S/C13H25N3O4S/c1-21(19,20)16-7-5-15(6-8-16)13(18)10-14-4-2-3-12(9-14)11-17/h12,17H,2-11H2,1H3. The quantitative estimate of drug-likeness (QED) is 0.703. The lowest BCUT2D eigenvalue weighted by atomic mass is 9.99. The largest absolute Gasteiger partial charge is 0.396 e. The molecule has 0 aromatic carbocycles. The van der Waals surface area contributed by atoms with Gasteiger partial charge in [0.15, 0.2) is 0 Å². The average Bonchev–Trinajstić information content (AvgIpc) is 2.46. The molecule has 0 aliphatic carbocycles. The Balaban J connectivity index is 1.80. The molecule has 7 nitrogen and oxygen atoms in total. The number of nitrogens with zero attached hydrogens (tertiary/aromatic N) is 3. The summed E-state index contributed by atoms with van der Waals surface area (Å²) in [6, 6.07) is 0. The van der Waals surface area contributed by atoms with Gasteiger partial charge in [0, 0.05) is 39.3 Å². The first-order valence-corrected chi connectivity index (χ1v) is 9.31. The minimum atomic E-state index is -3.16. The van der Waals surface area contributed by atoms with Crippen molar-refractivity contribution < 1.29 is 18.3 Å². The molecule has 1 amide bonds. The number of piperidine rings is 1. The number of aliphatic hydroxyl groups is 1. The van der Waals surface area contributed by atoms with Gasteiger partial charge in [-0.15, -0.1) is 0 Å². The van der Waals surface area contributed by atoms with Crippen LogP contribution in [0.4, 0.5) is 0 Å². The molecule has 0 saturated carbocycles. The fraction of sp³-hybridized carbons (Fsp3) is 0.923. The van der Waals surface area contributed by atoms with E-state index < -0.39 is 10.0 Å². The Kier molecular flexibility index (Phi) is 5.59. The van der Waals surface area contributed by atoms with Gasteiger partial charge >= 0.3 is 0 Å². The van der Waals surface area contributed by atoms with Crippen molar-refractivity contribution in [3.8, 4) is 0 Å². The van der Waals surface area contributed by atoms with Crippen molar-refractivity contribution >= 4 is 15.9 Å². The molecule has 1 N–H and O–H groups in total. The Bertz CT molecular complexity index is 460. The van der Waals surface area contributed by atoms with Gasteiger partial charge in [0.2, 0.25) is 15.9 Å². The molecule has 1 atom stereocenters. The normalized spacial score (nSPS) is 26.0. The molecule has 0 radical (unpaired) electrons. The SMILES string of the molecule is CS(=O)(=O)N1CCN(C(=O)CN2CCCC(CO)C2)CC1. The van der Waals surface area contributed by atoms with Crippen LogP contribution in [-0.2, 0) is 14.8 Å². The van der Waals surface area contributed by atoms with E-state index in [0.717, 1.165) is 25.9 Å². The molecule has 21 heavy (non-hydrogen) atoms. The van der Waals surface area contributed by atoms with E-state index in [0.29, 0.717) is 32.7 Å². The number of sulfonamides is 1. The maximum absolute atomic E-state index is 12.3. The Morgan fingerprint density at radius 2 is 1.86 bits per heavy atom. The highest BCUT2D eigenvalue weighted by Crippen LogP contribution is 2.16. The second kappa shape index (κ2) is 7.04. The molecule has 8 heteroatoms. The Hall–Kier alpha value is -0.700. The van der Waals surface area contributed by atoms with E-state index in [1.807, 2.05) is 0 Å². The molecule has 122 valence electrons. The smallest absolute Gasteiger partial charge is 0.236 e. The Morgan fingerprint density at radius 1 is 1.19 bits per heavy atom. The molecule has 2 aliphatic rings. The molecule has 0 aromatic rings. The van der Waals surface area contributed by atoms with Crippen LogP contribution in [0.1, 0.15) is 12.8 Å².